The fourth-order valence-electron chi connectivity index (χ4n) is 9.08. The van der Waals surface area contributed by atoms with Crippen LogP contribution in [0.15, 0.2) is 23.6 Å². The van der Waals surface area contributed by atoms with E-state index in [0.29, 0.717) is 6.42 Å². The molecule has 0 saturated heterocycles. The lowest BCUT2D eigenvalue weighted by Gasteiger charge is -2.62. The van der Waals surface area contributed by atoms with Crippen LogP contribution in [0.4, 0.5) is 18.0 Å². The van der Waals surface area contributed by atoms with E-state index in [9.17, 15) is 23.9 Å². The first kappa shape index (κ1) is 29.1. The number of hydrogen-bond acceptors (Lipinski definition) is 7. The normalized spacial score (nSPS) is 46.2. The number of carbonyl (C=O) groups excluding carboxylic acids is 3. The lowest BCUT2D eigenvalue weighted by Crippen LogP contribution is -2.70. The summed E-state index contributed by atoms with van der Waals surface area (Å²) in [5.41, 5.74) is -7.45. The largest absolute Gasteiger partial charge is 0.509 e. The topological polar surface area (TPSA) is 99.1 Å². The van der Waals surface area contributed by atoms with Gasteiger partial charge in [-0.15, -0.1) is 0 Å². The van der Waals surface area contributed by atoms with Crippen LogP contribution in [0.2, 0.25) is 0 Å². The highest BCUT2D eigenvalue weighted by Crippen LogP contribution is 2.71. The molecule has 0 amide bonds. The number of fused-ring (bicyclic) bond motifs is 5. The summed E-state index contributed by atoms with van der Waals surface area (Å²) in [4.78, 5) is 38.9. The van der Waals surface area contributed by atoms with Gasteiger partial charge < -0.3 is 19.3 Å². The maximum atomic E-state index is 17.5. The molecule has 7 nitrogen and oxygen atoms in total. The Morgan fingerprint density at radius 1 is 1.15 bits per heavy atom. The number of allylic oxidation sites excluding steroid dienone is 4. The third-order valence-electron chi connectivity index (χ3n) is 11.2. The van der Waals surface area contributed by atoms with E-state index in [1.54, 1.807) is 13.8 Å². The van der Waals surface area contributed by atoms with Crippen molar-refractivity contribution in [2.24, 2.45) is 34.5 Å². The number of hydrogen-bond donors (Lipinski definition) is 1. The predicted molar refractivity (Wildman–Crippen MR) is 137 cm³/mol. The summed E-state index contributed by atoms with van der Waals surface area (Å²) in [6.45, 7) is 5.21. The highest BCUT2D eigenvalue weighted by molar-refractivity contribution is 5.93. The number of ketones is 1. The van der Waals surface area contributed by atoms with Crippen molar-refractivity contribution < 1.29 is 46.9 Å². The van der Waals surface area contributed by atoms with E-state index < -0.39 is 76.9 Å². The SMILES string of the molecule is C[C@@H]1C[C@H]2[C@@H]3CC(F)=C4CC(=O)C=C[C@]4(C)[C@@]3(F)[C@@H](O)C[C@]2(C)[C@@]1(OC(=O)O[C@@H]1CCCC[C@@H]1C)C(=O)OCF. The summed E-state index contributed by atoms with van der Waals surface area (Å²) in [5.74, 6) is -4.66. The molecule has 3 fully saturated rings. The fraction of sp³-hybridized carbons (Fsp3) is 0.767. The fourth-order valence-corrected chi connectivity index (χ4v) is 9.08. The van der Waals surface area contributed by atoms with Crippen molar-refractivity contribution in [3.63, 3.8) is 0 Å². The number of halogens is 3. The van der Waals surface area contributed by atoms with Crippen LogP contribution in [0.5, 0.6) is 0 Å². The molecule has 0 aliphatic heterocycles. The minimum atomic E-state index is -2.36. The van der Waals surface area contributed by atoms with Crippen LogP contribution in [0.3, 0.4) is 0 Å². The predicted octanol–water partition coefficient (Wildman–Crippen LogP) is 5.84. The van der Waals surface area contributed by atoms with Gasteiger partial charge in [0, 0.05) is 35.5 Å². The van der Waals surface area contributed by atoms with Gasteiger partial charge in [-0.2, -0.15) is 0 Å². The van der Waals surface area contributed by atoms with E-state index in [4.69, 9.17) is 14.2 Å². The molecule has 0 unspecified atom stereocenters. The second kappa shape index (κ2) is 9.88. The van der Waals surface area contributed by atoms with Gasteiger partial charge in [0.05, 0.1) is 6.10 Å². The summed E-state index contributed by atoms with van der Waals surface area (Å²) < 4.78 is 62.9. The number of ether oxygens (including phenoxy) is 3. The van der Waals surface area contributed by atoms with E-state index >= 15 is 8.78 Å². The second-order valence-electron chi connectivity index (χ2n) is 13.1. The molecule has 0 radical (unpaired) electrons. The molecule has 10 heteroatoms. The van der Waals surface area contributed by atoms with Gasteiger partial charge in [-0.1, -0.05) is 33.3 Å². The maximum absolute atomic E-state index is 17.5. The van der Waals surface area contributed by atoms with Crippen molar-refractivity contribution in [3.8, 4) is 0 Å². The summed E-state index contributed by atoms with van der Waals surface area (Å²) in [6, 6.07) is 0. The highest BCUT2D eigenvalue weighted by atomic mass is 19.1. The number of aliphatic hydroxyl groups is 1. The van der Waals surface area contributed by atoms with Crippen molar-refractivity contribution in [1.82, 2.24) is 0 Å². The number of rotatable bonds is 4. The monoisotopic (exact) mass is 568 g/mol. The number of aliphatic hydroxyl groups excluding tert-OH is 1. The van der Waals surface area contributed by atoms with Gasteiger partial charge in [-0.25, -0.2) is 22.8 Å². The molecule has 3 saturated carbocycles. The zero-order chi connectivity index (χ0) is 29.3. The van der Waals surface area contributed by atoms with Gasteiger partial charge in [0.2, 0.25) is 12.5 Å². The molecule has 5 aliphatic rings. The molecule has 0 aromatic heterocycles. The summed E-state index contributed by atoms with van der Waals surface area (Å²) >= 11 is 0. The summed E-state index contributed by atoms with van der Waals surface area (Å²) in [5, 5.41) is 11.6. The molecule has 0 aromatic rings. The molecule has 40 heavy (non-hydrogen) atoms. The van der Waals surface area contributed by atoms with Crippen molar-refractivity contribution >= 4 is 17.9 Å². The van der Waals surface area contributed by atoms with E-state index in [-0.39, 0.29) is 43.0 Å². The smallest absolute Gasteiger partial charge is 0.431 e. The van der Waals surface area contributed by atoms with E-state index in [1.807, 2.05) is 6.92 Å². The van der Waals surface area contributed by atoms with Gasteiger partial charge >= 0.3 is 12.1 Å². The minimum Gasteiger partial charge on any atom is -0.431 e. The molecule has 0 heterocycles. The number of alkyl halides is 2. The summed E-state index contributed by atoms with van der Waals surface area (Å²) in [7, 11) is 0. The summed E-state index contributed by atoms with van der Waals surface area (Å²) in [6.07, 6.45) is 1.87. The lowest BCUT2D eigenvalue weighted by atomic mass is 9.45. The first-order chi connectivity index (χ1) is 18.8. The Morgan fingerprint density at radius 3 is 2.52 bits per heavy atom. The molecule has 1 N–H and O–H groups in total. The Bertz CT molecular complexity index is 1150. The van der Waals surface area contributed by atoms with Gasteiger partial charge in [0.15, 0.2) is 11.5 Å². The zero-order valence-electron chi connectivity index (χ0n) is 23.5. The Labute approximate surface area is 232 Å². The van der Waals surface area contributed by atoms with Crippen LogP contribution in [-0.4, -0.2) is 53.4 Å². The molecule has 0 aromatic carbocycles. The first-order valence-electron chi connectivity index (χ1n) is 14.4. The highest BCUT2D eigenvalue weighted by Gasteiger charge is 2.78. The Balaban J connectivity index is 1.56. The van der Waals surface area contributed by atoms with Crippen LogP contribution in [-0.2, 0) is 23.8 Å². The molecule has 222 valence electrons. The van der Waals surface area contributed by atoms with Crippen LogP contribution in [0.1, 0.15) is 79.1 Å². The average molecular weight is 569 g/mol. The van der Waals surface area contributed by atoms with Gasteiger partial charge in [0.25, 0.3) is 0 Å². The van der Waals surface area contributed by atoms with Gasteiger partial charge in [-0.05, 0) is 62.5 Å². The van der Waals surface area contributed by atoms with Crippen LogP contribution >= 0.6 is 0 Å². The molecule has 0 spiro atoms. The number of carbonyl (C=O) groups is 3. The Hall–Kier alpha value is -2.36. The van der Waals surface area contributed by atoms with E-state index in [1.165, 1.54) is 19.1 Å². The maximum Gasteiger partial charge on any atom is 0.509 e. The van der Waals surface area contributed by atoms with Gasteiger partial charge in [-0.3, -0.25) is 4.79 Å². The second-order valence-corrected chi connectivity index (χ2v) is 13.1. The molecule has 5 rings (SSSR count). The molecule has 10 atom stereocenters. The van der Waals surface area contributed by atoms with Crippen LogP contribution < -0.4 is 0 Å². The van der Waals surface area contributed by atoms with Crippen LogP contribution in [0, 0.1) is 34.5 Å². The van der Waals surface area contributed by atoms with Crippen molar-refractivity contribution in [2.75, 3.05) is 6.86 Å². The molecular weight excluding hydrogens is 529 g/mol. The van der Waals surface area contributed by atoms with E-state index in [2.05, 4.69) is 0 Å². The zero-order valence-corrected chi connectivity index (χ0v) is 23.5. The quantitative estimate of drug-likeness (QED) is 0.426. The average Bonchev–Trinajstić information content (AvgIpc) is 3.10. The van der Waals surface area contributed by atoms with Crippen LogP contribution in [0.25, 0.3) is 0 Å². The third kappa shape index (κ3) is 3.83. The van der Waals surface area contributed by atoms with E-state index in [0.717, 1.165) is 19.3 Å². The van der Waals surface area contributed by atoms with Crippen molar-refractivity contribution in [3.05, 3.63) is 23.6 Å². The first-order valence-corrected chi connectivity index (χ1v) is 14.4. The van der Waals surface area contributed by atoms with Gasteiger partial charge in [0.1, 0.15) is 11.9 Å². The molecule has 5 aliphatic carbocycles. The molecule has 0 bridgehead atoms. The third-order valence-corrected chi connectivity index (χ3v) is 11.2. The lowest BCUT2D eigenvalue weighted by molar-refractivity contribution is -0.231. The Kier molecular flexibility index (Phi) is 7.20. The van der Waals surface area contributed by atoms with Crippen molar-refractivity contribution in [1.29, 1.82) is 0 Å². The molecular formula is C30H39F3O7. The van der Waals surface area contributed by atoms with Crippen molar-refractivity contribution in [2.45, 2.75) is 103 Å². The standard InChI is InChI=1S/C30H39F3O7/c1-16-7-5-6-8-23(16)39-26(37)40-30(25(36)38-15-31)17(2)11-19-20-13-22(32)21-12-18(34)9-10-27(21,3)29(20,33)24(35)14-28(19,30)4/h9-10,16-17,19-20,23-24,35H,5-8,11-15H2,1-4H3/t16-,17+,19-,20-,23+,24-,27-,28-,29-,30-/m0/s1. The number of esters is 1. The Morgan fingerprint density at radius 2 is 1.85 bits per heavy atom. The minimum absolute atomic E-state index is 0.0250.